The summed E-state index contributed by atoms with van der Waals surface area (Å²) in [6.07, 6.45) is 2.54. The largest absolute Gasteiger partial charge is 0.468 e. The molecule has 1 atom stereocenters. The smallest absolute Gasteiger partial charge is 0.273 e. The Labute approximate surface area is 88.7 Å². The molecule has 14 heavy (non-hydrogen) atoms. The summed E-state index contributed by atoms with van der Waals surface area (Å²) < 4.78 is 5.65. The highest BCUT2D eigenvalue weighted by Gasteiger charge is 2.21. The molecule has 4 heteroatoms. The first-order chi connectivity index (χ1) is 6.75. The molecule has 2 heterocycles. The van der Waals surface area contributed by atoms with Crippen LogP contribution >= 0.6 is 11.3 Å². The fraction of sp³-hybridized carbons (Fsp3) is 0.700. The van der Waals surface area contributed by atoms with Crippen molar-refractivity contribution in [3.05, 3.63) is 11.1 Å². The second-order valence-electron chi connectivity index (χ2n) is 3.84. The maximum atomic E-state index is 5.65. The Morgan fingerprint density at radius 2 is 2.57 bits per heavy atom. The van der Waals surface area contributed by atoms with Crippen LogP contribution in [0.1, 0.15) is 18.5 Å². The molecule has 1 fully saturated rings. The standard InChI is InChI=1S/C10H16N2OS/c1-8-7-14-10(11-8)13-6-9-4-3-5-12(9)2/h7,9H,3-6H2,1-2H3. The van der Waals surface area contributed by atoms with Crippen molar-refractivity contribution in [2.45, 2.75) is 25.8 Å². The zero-order valence-electron chi connectivity index (χ0n) is 8.69. The Hall–Kier alpha value is -0.610. The highest BCUT2D eigenvalue weighted by molar-refractivity contribution is 7.11. The van der Waals surface area contributed by atoms with Crippen LogP contribution in [0, 0.1) is 6.92 Å². The van der Waals surface area contributed by atoms with Crippen molar-refractivity contribution in [1.29, 1.82) is 0 Å². The predicted octanol–water partition coefficient (Wildman–Crippen LogP) is 1.92. The summed E-state index contributed by atoms with van der Waals surface area (Å²) >= 11 is 1.58. The Balaban J connectivity index is 1.82. The molecule has 0 N–H and O–H groups in total. The van der Waals surface area contributed by atoms with Crippen molar-refractivity contribution >= 4 is 11.3 Å². The van der Waals surface area contributed by atoms with E-state index in [2.05, 4.69) is 16.9 Å². The lowest BCUT2D eigenvalue weighted by Crippen LogP contribution is -2.30. The van der Waals surface area contributed by atoms with E-state index in [1.165, 1.54) is 19.4 Å². The van der Waals surface area contributed by atoms with Crippen molar-refractivity contribution in [3.63, 3.8) is 0 Å². The normalized spacial score (nSPS) is 22.9. The molecule has 1 aliphatic heterocycles. The van der Waals surface area contributed by atoms with Gasteiger partial charge in [0.05, 0.1) is 5.69 Å². The summed E-state index contributed by atoms with van der Waals surface area (Å²) in [5.74, 6) is 0. The summed E-state index contributed by atoms with van der Waals surface area (Å²) in [6.45, 7) is 3.97. The molecule has 0 saturated carbocycles. The van der Waals surface area contributed by atoms with E-state index in [0.717, 1.165) is 17.5 Å². The summed E-state index contributed by atoms with van der Waals surface area (Å²) in [5.41, 5.74) is 1.05. The lowest BCUT2D eigenvalue weighted by Gasteiger charge is -2.18. The molecule has 1 aromatic heterocycles. The van der Waals surface area contributed by atoms with Gasteiger partial charge in [0.15, 0.2) is 0 Å². The molecule has 0 radical (unpaired) electrons. The minimum Gasteiger partial charge on any atom is -0.468 e. The van der Waals surface area contributed by atoms with Crippen LogP contribution in [0.4, 0.5) is 0 Å². The molecule has 2 rings (SSSR count). The van der Waals surface area contributed by atoms with Gasteiger partial charge >= 0.3 is 0 Å². The minimum absolute atomic E-state index is 0.583. The number of likely N-dealkylation sites (N-methyl/N-ethyl adjacent to an activating group) is 1. The molecule has 1 unspecified atom stereocenters. The Morgan fingerprint density at radius 1 is 1.71 bits per heavy atom. The van der Waals surface area contributed by atoms with Crippen molar-refractivity contribution in [3.8, 4) is 5.19 Å². The molecule has 1 aliphatic rings. The third-order valence-electron chi connectivity index (χ3n) is 2.67. The van der Waals surface area contributed by atoms with Gasteiger partial charge in [0.25, 0.3) is 5.19 Å². The van der Waals surface area contributed by atoms with E-state index in [0.29, 0.717) is 6.04 Å². The monoisotopic (exact) mass is 212 g/mol. The van der Waals surface area contributed by atoms with Gasteiger partial charge in [0, 0.05) is 11.4 Å². The van der Waals surface area contributed by atoms with Gasteiger partial charge in [-0.1, -0.05) is 11.3 Å². The van der Waals surface area contributed by atoms with Gasteiger partial charge in [0.1, 0.15) is 6.61 Å². The number of likely N-dealkylation sites (tertiary alicyclic amines) is 1. The second kappa shape index (κ2) is 4.28. The predicted molar refractivity (Wildman–Crippen MR) is 58.0 cm³/mol. The molecule has 0 amide bonds. The first-order valence-corrected chi connectivity index (χ1v) is 5.89. The maximum Gasteiger partial charge on any atom is 0.273 e. The zero-order valence-corrected chi connectivity index (χ0v) is 9.51. The van der Waals surface area contributed by atoms with E-state index >= 15 is 0 Å². The molecular weight excluding hydrogens is 196 g/mol. The van der Waals surface area contributed by atoms with Crippen LogP contribution in [-0.4, -0.2) is 36.1 Å². The minimum atomic E-state index is 0.583. The van der Waals surface area contributed by atoms with Crippen LogP contribution < -0.4 is 4.74 Å². The Morgan fingerprint density at radius 3 is 3.14 bits per heavy atom. The SMILES string of the molecule is Cc1csc(OCC2CCCN2C)n1. The number of hydrogen-bond acceptors (Lipinski definition) is 4. The third kappa shape index (κ3) is 2.25. The lowest BCUT2D eigenvalue weighted by atomic mass is 10.2. The quantitative estimate of drug-likeness (QED) is 0.765. The van der Waals surface area contributed by atoms with Crippen LogP contribution in [0.5, 0.6) is 5.19 Å². The Kier molecular flexibility index (Phi) is 3.03. The van der Waals surface area contributed by atoms with Crippen molar-refractivity contribution in [2.24, 2.45) is 0 Å². The summed E-state index contributed by atoms with van der Waals surface area (Å²) in [6, 6.07) is 0.583. The number of aryl methyl sites for hydroxylation is 1. The van der Waals surface area contributed by atoms with Gasteiger partial charge in [-0.15, -0.1) is 0 Å². The van der Waals surface area contributed by atoms with Gasteiger partial charge in [-0.05, 0) is 33.4 Å². The highest BCUT2D eigenvalue weighted by atomic mass is 32.1. The number of thiazole rings is 1. The topological polar surface area (TPSA) is 25.4 Å². The average molecular weight is 212 g/mol. The molecule has 0 aliphatic carbocycles. The second-order valence-corrected chi connectivity index (χ2v) is 4.66. The van der Waals surface area contributed by atoms with Gasteiger partial charge in [-0.3, -0.25) is 0 Å². The molecule has 1 aromatic rings. The maximum absolute atomic E-state index is 5.65. The number of aromatic nitrogens is 1. The van der Waals surface area contributed by atoms with Crippen molar-refractivity contribution in [1.82, 2.24) is 9.88 Å². The summed E-state index contributed by atoms with van der Waals surface area (Å²) in [4.78, 5) is 6.64. The molecule has 0 spiro atoms. The van der Waals surface area contributed by atoms with E-state index in [9.17, 15) is 0 Å². The summed E-state index contributed by atoms with van der Waals surface area (Å²) in [7, 11) is 2.16. The van der Waals surface area contributed by atoms with Gasteiger partial charge in [-0.25, -0.2) is 4.98 Å². The van der Waals surface area contributed by atoms with Crippen LogP contribution in [0.15, 0.2) is 5.38 Å². The van der Waals surface area contributed by atoms with Gasteiger partial charge in [-0.2, -0.15) is 0 Å². The first-order valence-electron chi connectivity index (χ1n) is 5.01. The third-order valence-corrected chi connectivity index (χ3v) is 3.54. The molecule has 3 nitrogen and oxygen atoms in total. The average Bonchev–Trinajstić information content (AvgIpc) is 2.72. The van der Waals surface area contributed by atoms with E-state index in [-0.39, 0.29) is 0 Å². The fourth-order valence-corrected chi connectivity index (χ4v) is 2.41. The lowest BCUT2D eigenvalue weighted by molar-refractivity contribution is 0.197. The van der Waals surface area contributed by atoms with Crippen LogP contribution in [0.3, 0.4) is 0 Å². The van der Waals surface area contributed by atoms with E-state index in [4.69, 9.17) is 4.74 Å². The number of ether oxygens (including phenoxy) is 1. The molecule has 0 bridgehead atoms. The summed E-state index contributed by atoms with van der Waals surface area (Å²) in [5, 5.41) is 2.83. The fourth-order valence-electron chi connectivity index (χ4n) is 1.76. The zero-order chi connectivity index (χ0) is 9.97. The molecule has 78 valence electrons. The molecule has 0 aromatic carbocycles. The van der Waals surface area contributed by atoms with Crippen LogP contribution in [0.2, 0.25) is 0 Å². The number of hydrogen-bond donors (Lipinski definition) is 0. The number of nitrogens with zero attached hydrogens (tertiary/aromatic N) is 2. The van der Waals surface area contributed by atoms with Gasteiger partial charge in [0.2, 0.25) is 0 Å². The van der Waals surface area contributed by atoms with Crippen molar-refractivity contribution < 1.29 is 4.74 Å². The van der Waals surface area contributed by atoms with E-state index in [1.54, 1.807) is 11.3 Å². The van der Waals surface area contributed by atoms with E-state index in [1.807, 2.05) is 12.3 Å². The highest BCUT2D eigenvalue weighted by Crippen LogP contribution is 2.20. The number of rotatable bonds is 3. The Bertz CT molecular complexity index is 300. The molecular formula is C10H16N2OS. The van der Waals surface area contributed by atoms with Crippen LogP contribution in [0.25, 0.3) is 0 Å². The van der Waals surface area contributed by atoms with E-state index < -0.39 is 0 Å². The van der Waals surface area contributed by atoms with Crippen LogP contribution in [-0.2, 0) is 0 Å². The van der Waals surface area contributed by atoms with Crippen molar-refractivity contribution in [2.75, 3.05) is 20.2 Å². The van der Waals surface area contributed by atoms with Gasteiger partial charge < -0.3 is 9.64 Å². The first kappa shape index (κ1) is 9.93. The molecule has 1 saturated heterocycles.